The Morgan fingerprint density at radius 1 is 1.16 bits per heavy atom. The second-order valence-corrected chi connectivity index (χ2v) is 5.59. The molecule has 3 N–H and O–H groups in total. The number of carbonyl (C=O) groups is 1. The van der Waals surface area contributed by atoms with Gasteiger partial charge >= 0.3 is 0 Å². The molecule has 0 spiro atoms. The first kappa shape index (κ1) is 14.0. The molecule has 0 aliphatic heterocycles. The number of anilines is 2. The Kier molecular flexibility index (Phi) is 4.21. The molecular formula is C13H9Br2FN2O. The first-order chi connectivity index (χ1) is 8.97. The summed E-state index contributed by atoms with van der Waals surface area (Å²) in [4.78, 5) is 12.0. The molecule has 2 aromatic carbocycles. The molecule has 0 heterocycles. The SMILES string of the molecule is Nc1ccc(C(=O)Nc2ccc(Br)cc2Br)c(F)c1. The van der Waals surface area contributed by atoms with Crippen molar-refractivity contribution in [1.29, 1.82) is 0 Å². The maximum atomic E-state index is 13.6. The fourth-order valence-corrected chi connectivity index (χ4v) is 2.64. The second kappa shape index (κ2) is 5.71. The molecule has 0 bridgehead atoms. The third-order valence-corrected chi connectivity index (χ3v) is 3.57. The number of benzene rings is 2. The molecule has 0 unspecified atom stereocenters. The van der Waals surface area contributed by atoms with Gasteiger partial charge in [-0.25, -0.2) is 4.39 Å². The molecule has 0 fully saturated rings. The van der Waals surface area contributed by atoms with Crippen molar-refractivity contribution in [2.24, 2.45) is 0 Å². The average Bonchev–Trinajstić information content (AvgIpc) is 2.32. The van der Waals surface area contributed by atoms with Crippen LogP contribution in [0.15, 0.2) is 45.3 Å². The molecule has 0 atom stereocenters. The fourth-order valence-electron chi connectivity index (χ4n) is 1.50. The Morgan fingerprint density at radius 2 is 1.89 bits per heavy atom. The van der Waals surface area contributed by atoms with Crippen molar-refractivity contribution in [3.8, 4) is 0 Å². The van der Waals surface area contributed by atoms with Gasteiger partial charge in [-0.15, -0.1) is 0 Å². The number of hydrogen-bond acceptors (Lipinski definition) is 2. The maximum Gasteiger partial charge on any atom is 0.258 e. The Bertz CT molecular complexity index is 647. The second-order valence-electron chi connectivity index (χ2n) is 3.82. The van der Waals surface area contributed by atoms with Crippen LogP contribution in [0.5, 0.6) is 0 Å². The van der Waals surface area contributed by atoms with Gasteiger partial charge in [0, 0.05) is 14.6 Å². The highest BCUT2D eigenvalue weighted by molar-refractivity contribution is 9.11. The first-order valence-corrected chi connectivity index (χ1v) is 6.87. The van der Waals surface area contributed by atoms with E-state index in [1.807, 2.05) is 0 Å². The number of nitrogens with one attached hydrogen (secondary N) is 1. The number of nitrogens with two attached hydrogens (primary N) is 1. The maximum absolute atomic E-state index is 13.6. The standard InChI is InChI=1S/C13H9Br2FN2O/c14-7-1-4-12(10(15)5-7)18-13(19)9-3-2-8(17)6-11(9)16/h1-6H,17H2,(H,18,19). The summed E-state index contributed by atoms with van der Waals surface area (Å²) in [6, 6.07) is 9.23. The quantitative estimate of drug-likeness (QED) is 0.759. The number of rotatable bonds is 2. The van der Waals surface area contributed by atoms with E-state index >= 15 is 0 Å². The number of nitrogen functional groups attached to an aromatic ring is 1. The van der Waals surface area contributed by atoms with Crippen LogP contribution < -0.4 is 11.1 Å². The molecule has 19 heavy (non-hydrogen) atoms. The van der Waals surface area contributed by atoms with E-state index in [2.05, 4.69) is 37.2 Å². The molecule has 0 radical (unpaired) electrons. The van der Waals surface area contributed by atoms with Crippen molar-refractivity contribution >= 4 is 49.1 Å². The Labute approximate surface area is 126 Å². The summed E-state index contributed by atoms with van der Waals surface area (Å²) in [5.74, 6) is -1.17. The van der Waals surface area contributed by atoms with Crippen LogP contribution in [0.2, 0.25) is 0 Å². The molecule has 2 aromatic rings. The van der Waals surface area contributed by atoms with Crippen LogP contribution >= 0.6 is 31.9 Å². The van der Waals surface area contributed by atoms with Crippen LogP contribution in [0.1, 0.15) is 10.4 Å². The summed E-state index contributed by atoms with van der Waals surface area (Å²) >= 11 is 6.63. The minimum Gasteiger partial charge on any atom is -0.399 e. The Balaban J connectivity index is 2.25. The van der Waals surface area contributed by atoms with E-state index in [-0.39, 0.29) is 11.3 Å². The summed E-state index contributed by atoms with van der Waals surface area (Å²) in [5.41, 5.74) is 6.22. The lowest BCUT2D eigenvalue weighted by Gasteiger charge is -2.08. The van der Waals surface area contributed by atoms with E-state index < -0.39 is 11.7 Å². The van der Waals surface area contributed by atoms with E-state index in [0.29, 0.717) is 10.2 Å². The normalized spacial score (nSPS) is 10.3. The summed E-state index contributed by atoms with van der Waals surface area (Å²) in [6.07, 6.45) is 0. The fraction of sp³-hybridized carbons (Fsp3) is 0. The first-order valence-electron chi connectivity index (χ1n) is 5.29. The summed E-state index contributed by atoms with van der Waals surface area (Å²) in [6.45, 7) is 0. The smallest absolute Gasteiger partial charge is 0.258 e. The van der Waals surface area contributed by atoms with Gasteiger partial charge in [-0.2, -0.15) is 0 Å². The molecular weight excluding hydrogens is 379 g/mol. The van der Waals surface area contributed by atoms with Gasteiger partial charge in [-0.1, -0.05) is 15.9 Å². The van der Waals surface area contributed by atoms with Crippen molar-refractivity contribution in [3.63, 3.8) is 0 Å². The predicted octanol–water partition coefficient (Wildman–Crippen LogP) is 4.19. The molecule has 0 aromatic heterocycles. The van der Waals surface area contributed by atoms with Crippen LogP contribution in [0, 0.1) is 5.82 Å². The monoisotopic (exact) mass is 386 g/mol. The van der Waals surface area contributed by atoms with Crippen molar-refractivity contribution in [2.45, 2.75) is 0 Å². The number of hydrogen-bond donors (Lipinski definition) is 2. The van der Waals surface area contributed by atoms with Crippen LogP contribution in [-0.4, -0.2) is 5.91 Å². The molecule has 98 valence electrons. The average molecular weight is 388 g/mol. The van der Waals surface area contributed by atoms with Gasteiger partial charge in [0.25, 0.3) is 5.91 Å². The lowest BCUT2D eigenvalue weighted by atomic mass is 10.1. The number of halogens is 3. The lowest BCUT2D eigenvalue weighted by Crippen LogP contribution is -2.14. The zero-order valence-corrected chi connectivity index (χ0v) is 12.8. The van der Waals surface area contributed by atoms with E-state index in [1.165, 1.54) is 12.1 Å². The van der Waals surface area contributed by atoms with Crippen molar-refractivity contribution < 1.29 is 9.18 Å². The summed E-state index contributed by atoms with van der Waals surface area (Å²) in [7, 11) is 0. The minimum absolute atomic E-state index is 0.0518. The minimum atomic E-state index is -0.647. The number of amides is 1. The topological polar surface area (TPSA) is 55.1 Å². The van der Waals surface area contributed by atoms with Crippen LogP contribution in [0.25, 0.3) is 0 Å². The highest BCUT2D eigenvalue weighted by Gasteiger charge is 2.13. The zero-order valence-electron chi connectivity index (χ0n) is 9.58. The lowest BCUT2D eigenvalue weighted by molar-refractivity contribution is 0.102. The summed E-state index contributed by atoms with van der Waals surface area (Å²) in [5, 5.41) is 2.63. The van der Waals surface area contributed by atoms with Crippen LogP contribution in [0.4, 0.5) is 15.8 Å². The largest absolute Gasteiger partial charge is 0.399 e. The van der Waals surface area contributed by atoms with Crippen molar-refractivity contribution in [2.75, 3.05) is 11.1 Å². The Morgan fingerprint density at radius 3 is 2.53 bits per heavy atom. The molecule has 3 nitrogen and oxygen atoms in total. The van der Waals surface area contributed by atoms with Crippen LogP contribution in [0.3, 0.4) is 0 Å². The predicted molar refractivity (Wildman–Crippen MR) is 80.6 cm³/mol. The van der Waals surface area contributed by atoms with E-state index in [9.17, 15) is 9.18 Å². The van der Waals surface area contributed by atoms with Gasteiger partial charge < -0.3 is 11.1 Å². The van der Waals surface area contributed by atoms with Gasteiger partial charge in [0.15, 0.2) is 0 Å². The van der Waals surface area contributed by atoms with Crippen molar-refractivity contribution in [3.05, 3.63) is 56.7 Å². The van der Waals surface area contributed by atoms with Gasteiger partial charge in [-0.3, -0.25) is 4.79 Å². The molecule has 0 aliphatic carbocycles. The Hall–Kier alpha value is -1.40. The zero-order chi connectivity index (χ0) is 14.0. The molecule has 0 saturated carbocycles. The third kappa shape index (κ3) is 3.33. The molecule has 0 saturated heterocycles. The van der Waals surface area contributed by atoms with Gasteiger partial charge in [0.1, 0.15) is 5.82 Å². The molecule has 2 rings (SSSR count). The highest BCUT2D eigenvalue weighted by Crippen LogP contribution is 2.26. The molecule has 0 aliphatic rings. The molecule has 1 amide bonds. The van der Waals surface area contributed by atoms with Gasteiger partial charge in [0.2, 0.25) is 0 Å². The number of carbonyl (C=O) groups excluding carboxylic acids is 1. The van der Waals surface area contributed by atoms with Crippen molar-refractivity contribution in [1.82, 2.24) is 0 Å². The van der Waals surface area contributed by atoms with Gasteiger partial charge in [0.05, 0.1) is 11.3 Å². The molecule has 6 heteroatoms. The third-order valence-electron chi connectivity index (χ3n) is 2.42. The van der Waals surface area contributed by atoms with Crippen LogP contribution in [-0.2, 0) is 0 Å². The highest BCUT2D eigenvalue weighted by atomic mass is 79.9. The van der Waals surface area contributed by atoms with E-state index in [1.54, 1.807) is 18.2 Å². The van der Waals surface area contributed by atoms with E-state index in [0.717, 1.165) is 10.5 Å². The van der Waals surface area contributed by atoms with E-state index in [4.69, 9.17) is 5.73 Å². The summed E-state index contributed by atoms with van der Waals surface area (Å²) < 4.78 is 15.2. The van der Waals surface area contributed by atoms with Gasteiger partial charge in [-0.05, 0) is 52.3 Å².